The average Bonchev–Trinajstić information content (AvgIpc) is 3.17. The van der Waals surface area contributed by atoms with Crippen LogP contribution >= 0.6 is 35.3 Å². The third-order valence-corrected chi connectivity index (χ3v) is 7.46. The van der Waals surface area contributed by atoms with Crippen molar-refractivity contribution in [1.82, 2.24) is 14.1 Å². The largest absolute Gasteiger partial charge is 0.497 e. The number of ether oxygens (including phenoxy) is 2. The van der Waals surface area contributed by atoms with Crippen molar-refractivity contribution in [2.45, 2.75) is 12.1 Å². The van der Waals surface area contributed by atoms with Crippen molar-refractivity contribution >= 4 is 57.3 Å². The maximum Gasteiger partial charge on any atom is 0.273 e. The molecular weight excluding hydrogens is 492 g/mol. The Morgan fingerprint density at radius 2 is 1.91 bits per heavy atom. The predicted molar refractivity (Wildman–Crippen MR) is 139 cm³/mol. The number of hydrogen-bond acceptors (Lipinski definition) is 8. The van der Waals surface area contributed by atoms with E-state index in [1.807, 2.05) is 31.2 Å². The van der Waals surface area contributed by atoms with E-state index in [1.165, 1.54) is 34.8 Å². The molecule has 34 heavy (non-hydrogen) atoms. The molecule has 0 aliphatic heterocycles. The van der Waals surface area contributed by atoms with Crippen molar-refractivity contribution in [3.63, 3.8) is 0 Å². The predicted octanol–water partition coefficient (Wildman–Crippen LogP) is 4.57. The van der Waals surface area contributed by atoms with Gasteiger partial charge in [-0.15, -0.1) is 0 Å². The summed E-state index contributed by atoms with van der Waals surface area (Å²) >= 11 is 7.94. The number of carbonyl (C=O) groups is 1. The molecule has 4 rings (SSSR count). The second kappa shape index (κ2) is 10.00. The highest BCUT2D eigenvalue weighted by molar-refractivity contribution is 7.99. The fourth-order valence-electron chi connectivity index (χ4n) is 3.28. The number of anilines is 1. The first-order chi connectivity index (χ1) is 16.3. The summed E-state index contributed by atoms with van der Waals surface area (Å²) in [5.41, 5.74) is 2.77. The SMILES string of the molecule is COc1ccc(NC(=O)CSc2nc3c(sc(=S)n3-c3ccc(C)cc3)c(=O)n2C)c(OC)c1. The van der Waals surface area contributed by atoms with Gasteiger partial charge < -0.3 is 14.8 Å². The molecule has 0 saturated heterocycles. The van der Waals surface area contributed by atoms with Gasteiger partial charge in [-0.3, -0.25) is 18.7 Å². The molecule has 1 amide bonds. The van der Waals surface area contributed by atoms with E-state index in [2.05, 4.69) is 5.32 Å². The summed E-state index contributed by atoms with van der Waals surface area (Å²) in [4.78, 5) is 30.4. The lowest BCUT2D eigenvalue weighted by molar-refractivity contribution is -0.113. The zero-order valence-electron chi connectivity index (χ0n) is 18.9. The van der Waals surface area contributed by atoms with Crippen LogP contribution in [0.5, 0.6) is 11.5 Å². The minimum Gasteiger partial charge on any atom is -0.497 e. The molecule has 0 radical (unpaired) electrons. The van der Waals surface area contributed by atoms with Crippen LogP contribution in [0, 0.1) is 10.9 Å². The monoisotopic (exact) mass is 514 g/mol. The Balaban J connectivity index is 1.61. The Hall–Kier alpha value is -3.15. The van der Waals surface area contributed by atoms with Gasteiger partial charge in [0.1, 0.15) is 16.2 Å². The van der Waals surface area contributed by atoms with Gasteiger partial charge in [0.25, 0.3) is 5.56 Å². The number of hydrogen-bond donors (Lipinski definition) is 1. The minimum atomic E-state index is -0.261. The van der Waals surface area contributed by atoms with Crippen LogP contribution in [0.2, 0.25) is 0 Å². The Morgan fingerprint density at radius 1 is 1.18 bits per heavy atom. The third-order valence-electron chi connectivity index (χ3n) is 5.08. The van der Waals surface area contributed by atoms with Crippen molar-refractivity contribution in [2.24, 2.45) is 7.05 Å². The second-order valence-electron chi connectivity index (χ2n) is 7.35. The Bertz CT molecular complexity index is 1490. The number of thioether (sulfide) groups is 1. The van der Waals surface area contributed by atoms with Gasteiger partial charge >= 0.3 is 0 Å². The van der Waals surface area contributed by atoms with E-state index >= 15 is 0 Å². The lowest BCUT2D eigenvalue weighted by Crippen LogP contribution is -2.21. The van der Waals surface area contributed by atoms with Gasteiger partial charge in [0.15, 0.2) is 14.8 Å². The molecule has 1 N–H and O–H groups in total. The highest BCUT2D eigenvalue weighted by Gasteiger charge is 2.17. The number of nitrogens with zero attached hydrogens (tertiary/aromatic N) is 3. The lowest BCUT2D eigenvalue weighted by Gasteiger charge is -2.12. The maximum atomic E-state index is 13.0. The number of nitrogens with one attached hydrogen (secondary N) is 1. The third kappa shape index (κ3) is 4.72. The van der Waals surface area contributed by atoms with Crippen LogP contribution in [0.3, 0.4) is 0 Å². The van der Waals surface area contributed by atoms with Gasteiger partial charge in [-0.05, 0) is 43.4 Å². The first-order valence-electron chi connectivity index (χ1n) is 10.2. The molecule has 0 aliphatic rings. The van der Waals surface area contributed by atoms with Crippen LogP contribution < -0.4 is 20.3 Å². The normalized spacial score (nSPS) is 10.9. The molecule has 8 nitrogen and oxygen atoms in total. The molecule has 2 heterocycles. The fraction of sp³-hybridized carbons (Fsp3) is 0.217. The first kappa shape index (κ1) is 24.0. The molecule has 0 atom stereocenters. The molecule has 2 aromatic heterocycles. The number of thiazole rings is 1. The summed E-state index contributed by atoms with van der Waals surface area (Å²) < 4.78 is 14.8. The van der Waals surface area contributed by atoms with E-state index in [9.17, 15) is 9.59 Å². The van der Waals surface area contributed by atoms with Crippen molar-refractivity contribution in [3.8, 4) is 17.2 Å². The van der Waals surface area contributed by atoms with Crippen molar-refractivity contribution in [2.75, 3.05) is 25.3 Å². The van der Waals surface area contributed by atoms with Crippen LogP contribution in [-0.2, 0) is 11.8 Å². The molecule has 0 bridgehead atoms. The highest BCUT2D eigenvalue weighted by atomic mass is 32.2. The van der Waals surface area contributed by atoms with Crippen LogP contribution in [0.25, 0.3) is 16.0 Å². The summed E-state index contributed by atoms with van der Waals surface area (Å²) in [7, 11) is 4.72. The minimum absolute atomic E-state index is 0.0520. The van der Waals surface area contributed by atoms with E-state index in [0.29, 0.717) is 36.6 Å². The molecule has 0 spiro atoms. The average molecular weight is 515 g/mol. The van der Waals surface area contributed by atoms with Gasteiger partial charge in [-0.1, -0.05) is 40.8 Å². The van der Waals surface area contributed by atoms with Crippen LogP contribution in [0.1, 0.15) is 5.56 Å². The lowest BCUT2D eigenvalue weighted by atomic mass is 10.2. The van der Waals surface area contributed by atoms with E-state index < -0.39 is 0 Å². The number of carbonyl (C=O) groups excluding carboxylic acids is 1. The second-order valence-corrected chi connectivity index (χ2v) is 9.94. The standard InChI is InChI=1S/C23H22N4O4S3/c1-13-5-7-14(8-6-13)27-20-19(34-23(27)32)21(29)26(2)22(25-20)33-12-18(28)24-16-10-9-15(30-3)11-17(16)31-4/h5-11H,12H2,1-4H3,(H,24,28). The number of methoxy groups -OCH3 is 2. The molecule has 11 heteroatoms. The number of fused-ring (bicyclic) bond motifs is 1. The summed E-state index contributed by atoms with van der Waals surface area (Å²) in [5.74, 6) is 0.898. The van der Waals surface area contributed by atoms with Crippen molar-refractivity contribution in [3.05, 3.63) is 62.3 Å². The highest BCUT2D eigenvalue weighted by Crippen LogP contribution is 2.30. The molecular formula is C23H22N4O4S3. The van der Waals surface area contributed by atoms with Crippen LogP contribution in [-0.4, -0.2) is 40.0 Å². The number of aryl methyl sites for hydroxylation is 1. The smallest absolute Gasteiger partial charge is 0.273 e. The topological polar surface area (TPSA) is 87.4 Å². The van der Waals surface area contributed by atoms with Crippen LogP contribution in [0.15, 0.2) is 52.4 Å². The number of amides is 1. The Labute approximate surface area is 209 Å². The van der Waals surface area contributed by atoms with Gasteiger partial charge in [-0.2, -0.15) is 0 Å². The van der Waals surface area contributed by atoms with E-state index in [4.69, 9.17) is 26.7 Å². The Kier molecular flexibility index (Phi) is 7.05. The molecule has 176 valence electrons. The summed E-state index contributed by atoms with van der Waals surface area (Å²) in [6.07, 6.45) is 0. The zero-order chi connectivity index (χ0) is 24.4. The molecule has 0 aliphatic carbocycles. The first-order valence-corrected chi connectivity index (χ1v) is 12.4. The van der Waals surface area contributed by atoms with Crippen LogP contribution in [0.4, 0.5) is 5.69 Å². The number of aromatic nitrogens is 3. The summed E-state index contributed by atoms with van der Waals surface area (Å²) in [5, 5.41) is 3.25. The van der Waals surface area contributed by atoms with Gasteiger partial charge in [0.2, 0.25) is 5.91 Å². The fourth-order valence-corrected chi connectivity index (χ4v) is 5.39. The van der Waals surface area contributed by atoms with E-state index in [-0.39, 0.29) is 17.2 Å². The van der Waals surface area contributed by atoms with Gasteiger partial charge in [0, 0.05) is 18.8 Å². The molecule has 0 unspecified atom stereocenters. The summed E-state index contributed by atoms with van der Waals surface area (Å²) in [6.45, 7) is 2.00. The molecule has 4 aromatic rings. The van der Waals surface area contributed by atoms with E-state index in [0.717, 1.165) is 11.3 Å². The van der Waals surface area contributed by atoms with Gasteiger partial charge in [-0.25, -0.2) is 4.98 Å². The number of rotatable bonds is 7. The quantitative estimate of drug-likeness (QED) is 0.220. The molecule has 2 aromatic carbocycles. The number of benzene rings is 2. The molecule has 0 saturated carbocycles. The Morgan fingerprint density at radius 3 is 2.59 bits per heavy atom. The van der Waals surface area contributed by atoms with Crippen molar-refractivity contribution < 1.29 is 14.3 Å². The zero-order valence-corrected chi connectivity index (χ0v) is 21.4. The molecule has 0 fully saturated rings. The van der Waals surface area contributed by atoms with Gasteiger partial charge in [0.05, 0.1) is 25.7 Å². The van der Waals surface area contributed by atoms with E-state index in [1.54, 1.807) is 36.9 Å². The summed E-state index contributed by atoms with van der Waals surface area (Å²) in [6, 6.07) is 13.0. The maximum absolute atomic E-state index is 13.0. The van der Waals surface area contributed by atoms with Crippen molar-refractivity contribution in [1.29, 1.82) is 0 Å².